The van der Waals surface area contributed by atoms with Crippen molar-refractivity contribution in [3.8, 4) is 5.75 Å². The number of halogens is 1. The monoisotopic (exact) mass is 459 g/mol. The molecule has 0 aliphatic rings. The largest absolute Gasteiger partial charge is 0.496 e. The molecule has 0 aliphatic carbocycles. The first-order valence-electron chi connectivity index (χ1n) is 8.29. The molecule has 9 heteroatoms. The molecule has 0 aliphatic heterocycles. The van der Waals surface area contributed by atoms with Crippen molar-refractivity contribution in [1.29, 1.82) is 0 Å². The SMILES string of the molecule is COc1ccc(Br)cc1/C=N/NC(=O)c1ccc(CSc2nncn2C)cc1. The van der Waals surface area contributed by atoms with Gasteiger partial charge in [-0.25, -0.2) is 5.43 Å². The van der Waals surface area contributed by atoms with Crippen LogP contribution in [-0.2, 0) is 12.8 Å². The number of nitrogens with zero attached hydrogens (tertiary/aromatic N) is 4. The molecule has 0 atom stereocenters. The quantitative estimate of drug-likeness (QED) is 0.331. The van der Waals surface area contributed by atoms with Gasteiger partial charge in [0.1, 0.15) is 12.1 Å². The molecular formula is C19H18BrN5O2S. The maximum Gasteiger partial charge on any atom is 0.271 e. The highest BCUT2D eigenvalue weighted by Gasteiger charge is 2.06. The van der Waals surface area contributed by atoms with Gasteiger partial charge in [-0.05, 0) is 35.9 Å². The summed E-state index contributed by atoms with van der Waals surface area (Å²) in [5.41, 5.74) is 4.91. The summed E-state index contributed by atoms with van der Waals surface area (Å²) in [4.78, 5) is 12.3. The molecule has 0 spiro atoms. The molecule has 0 fully saturated rings. The molecule has 1 N–H and O–H groups in total. The Morgan fingerprint density at radius 3 is 2.79 bits per heavy atom. The van der Waals surface area contributed by atoms with Gasteiger partial charge in [-0.15, -0.1) is 10.2 Å². The number of aryl methyl sites for hydroxylation is 1. The number of hydrazone groups is 1. The van der Waals surface area contributed by atoms with Gasteiger partial charge in [0.15, 0.2) is 5.16 Å². The van der Waals surface area contributed by atoms with E-state index in [4.69, 9.17) is 4.74 Å². The highest BCUT2D eigenvalue weighted by atomic mass is 79.9. The predicted molar refractivity (Wildman–Crippen MR) is 113 cm³/mol. The lowest BCUT2D eigenvalue weighted by molar-refractivity contribution is 0.0955. The molecule has 7 nitrogen and oxygen atoms in total. The minimum absolute atomic E-state index is 0.280. The third-order valence-corrected chi connectivity index (χ3v) is 5.41. The van der Waals surface area contributed by atoms with E-state index in [0.29, 0.717) is 11.3 Å². The molecule has 3 rings (SSSR count). The van der Waals surface area contributed by atoms with Crippen LogP contribution in [0.5, 0.6) is 5.75 Å². The number of ether oxygens (including phenoxy) is 1. The van der Waals surface area contributed by atoms with Crippen LogP contribution in [0.25, 0.3) is 0 Å². The van der Waals surface area contributed by atoms with Crippen LogP contribution in [-0.4, -0.2) is 34.0 Å². The second-order valence-corrected chi connectivity index (χ2v) is 7.65. The van der Waals surface area contributed by atoms with Gasteiger partial charge in [0.05, 0.1) is 13.3 Å². The van der Waals surface area contributed by atoms with Gasteiger partial charge < -0.3 is 9.30 Å². The summed E-state index contributed by atoms with van der Waals surface area (Å²) in [6.07, 6.45) is 3.22. The minimum atomic E-state index is -0.280. The summed E-state index contributed by atoms with van der Waals surface area (Å²) in [6.45, 7) is 0. The second-order valence-electron chi connectivity index (χ2n) is 5.80. The fourth-order valence-corrected chi connectivity index (χ4v) is 3.56. The van der Waals surface area contributed by atoms with E-state index >= 15 is 0 Å². The number of rotatable bonds is 7. The number of aromatic nitrogens is 3. The third kappa shape index (κ3) is 5.20. The van der Waals surface area contributed by atoms with Gasteiger partial charge >= 0.3 is 0 Å². The Morgan fingerprint density at radius 2 is 2.11 bits per heavy atom. The number of hydrogen-bond acceptors (Lipinski definition) is 6. The number of benzene rings is 2. The van der Waals surface area contributed by atoms with Gasteiger partial charge in [0.2, 0.25) is 0 Å². The normalized spacial score (nSPS) is 11.0. The minimum Gasteiger partial charge on any atom is -0.496 e. The van der Waals surface area contributed by atoms with E-state index in [2.05, 4.69) is 36.7 Å². The molecule has 0 radical (unpaired) electrons. The zero-order valence-electron chi connectivity index (χ0n) is 15.3. The number of hydrogen-bond donors (Lipinski definition) is 1. The standard InChI is InChI=1S/C19H18BrN5O2S/c1-25-12-22-24-19(25)28-11-13-3-5-14(6-4-13)18(26)23-21-10-15-9-16(20)7-8-17(15)27-2/h3-10,12H,11H2,1-2H3,(H,23,26)/b21-10+. The van der Waals surface area contributed by atoms with Crippen molar-refractivity contribution in [2.45, 2.75) is 10.9 Å². The van der Waals surface area contributed by atoms with Crippen molar-refractivity contribution in [3.05, 3.63) is 70.0 Å². The highest BCUT2D eigenvalue weighted by Crippen LogP contribution is 2.21. The first kappa shape index (κ1) is 20.1. The molecule has 3 aromatic rings. The van der Waals surface area contributed by atoms with Gasteiger partial charge in [0.25, 0.3) is 5.91 Å². The molecule has 0 unspecified atom stereocenters. The Bertz CT molecular complexity index is 988. The van der Waals surface area contributed by atoms with Gasteiger partial charge in [-0.1, -0.05) is 39.8 Å². The van der Waals surface area contributed by atoms with Crippen molar-refractivity contribution in [2.75, 3.05) is 7.11 Å². The summed E-state index contributed by atoms with van der Waals surface area (Å²) >= 11 is 4.99. The Morgan fingerprint density at radius 1 is 1.32 bits per heavy atom. The lowest BCUT2D eigenvalue weighted by Crippen LogP contribution is -2.17. The van der Waals surface area contributed by atoms with Crippen molar-refractivity contribution in [3.63, 3.8) is 0 Å². The summed E-state index contributed by atoms with van der Waals surface area (Å²) in [7, 11) is 3.49. The lowest BCUT2D eigenvalue weighted by atomic mass is 10.1. The first-order valence-corrected chi connectivity index (χ1v) is 10.1. The highest BCUT2D eigenvalue weighted by molar-refractivity contribution is 9.10. The summed E-state index contributed by atoms with van der Waals surface area (Å²) in [5, 5.41) is 12.8. The molecule has 2 aromatic carbocycles. The average Bonchev–Trinajstić information content (AvgIpc) is 3.11. The van der Waals surface area contributed by atoms with E-state index in [1.54, 1.807) is 43.5 Å². The van der Waals surface area contributed by atoms with Crippen molar-refractivity contribution in [1.82, 2.24) is 20.2 Å². The van der Waals surface area contributed by atoms with Crippen molar-refractivity contribution < 1.29 is 9.53 Å². The fraction of sp³-hybridized carbons (Fsp3) is 0.158. The molecule has 28 heavy (non-hydrogen) atoms. The smallest absolute Gasteiger partial charge is 0.271 e. The van der Waals surface area contributed by atoms with Crippen LogP contribution >= 0.6 is 27.7 Å². The number of carbonyl (C=O) groups excluding carboxylic acids is 1. The summed E-state index contributed by atoms with van der Waals surface area (Å²) < 4.78 is 8.04. The van der Waals surface area contributed by atoms with Crippen LogP contribution < -0.4 is 10.2 Å². The zero-order valence-corrected chi connectivity index (χ0v) is 17.7. The van der Waals surface area contributed by atoms with Crippen LogP contribution in [0.15, 0.2) is 63.5 Å². The second kappa shape index (κ2) is 9.52. The van der Waals surface area contributed by atoms with E-state index < -0.39 is 0 Å². The third-order valence-electron chi connectivity index (χ3n) is 3.82. The lowest BCUT2D eigenvalue weighted by Gasteiger charge is -2.05. The maximum absolute atomic E-state index is 12.3. The Kier molecular flexibility index (Phi) is 6.83. The number of thioether (sulfide) groups is 1. The molecule has 0 saturated carbocycles. The number of carbonyl (C=O) groups is 1. The topological polar surface area (TPSA) is 81.4 Å². The van der Waals surface area contributed by atoms with Gasteiger partial charge in [-0.3, -0.25) is 4.79 Å². The van der Waals surface area contributed by atoms with E-state index in [0.717, 1.165) is 26.5 Å². The number of nitrogens with one attached hydrogen (secondary N) is 1. The molecule has 144 valence electrons. The summed E-state index contributed by atoms with van der Waals surface area (Å²) in [6, 6.07) is 12.9. The van der Waals surface area contributed by atoms with Crippen LogP contribution in [0.1, 0.15) is 21.5 Å². The number of methoxy groups -OCH3 is 1. The van der Waals surface area contributed by atoms with Gasteiger partial charge in [-0.2, -0.15) is 5.10 Å². The van der Waals surface area contributed by atoms with E-state index in [9.17, 15) is 4.79 Å². The predicted octanol–water partition coefficient (Wildman–Crippen LogP) is 3.64. The summed E-state index contributed by atoms with van der Waals surface area (Å²) in [5.74, 6) is 1.14. The van der Waals surface area contributed by atoms with E-state index in [1.807, 2.05) is 41.9 Å². The Balaban J connectivity index is 1.57. The Labute approximate surface area is 175 Å². The van der Waals surface area contributed by atoms with E-state index in [1.165, 1.54) is 0 Å². The molecule has 1 aromatic heterocycles. The van der Waals surface area contributed by atoms with Crippen LogP contribution in [0.3, 0.4) is 0 Å². The molecule has 0 bridgehead atoms. The van der Waals surface area contributed by atoms with Crippen molar-refractivity contribution >= 4 is 39.8 Å². The van der Waals surface area contributed by atoms with Crippen LogP contribution in [0.2, 0.25) is 0 Å². The fourth-order valence-electron chi connectivity index (χ4n) is 2.33. The first-order chi connectivity index (χ1) is 13.6. The van der Waals surface area contributed by atoms with Crippen molar-refractivity contribution in [2.24, 2.45) is 12.1 Å². The van der Waals surface area contributed by atoms with Gasteiger partial charge in [0, 0.05) is 28.4 Å². The van der Waals surface area contributed by atoms with Crippen LogP contribution in [0, 0.1) is 0 Å². The molecular weight excluding hydrogens is 442 g/mol. The number of amides is 1. The van der Waals surface area contributed by atoms with E-state index in [-0.39, 0.29) is 5.91 Å². The molecule has 1 amide bonds. The molecule has 0 saturated heterocycles. The maximum atomic E-state index is 12.3. The zero-order chi connectivity index (χ0) is 19.9. The Hall–Kier alpha value is -2.65. The average molecular weight is 460 g/mol. The molecule has 1 heterocycles. The van der Waals surface area contributed by atoms with Crippen LogP contribution in [0.4, 0.5) is 0 Å².